The van der Waals surface area contributed by atoms with E-state index in [2.05, 4.69) is 24.1 Å². The van der Waals surface area contributed by atoms with E-state index in [0.717, 1.165) is 22.7 Å². The highest BCUT2D eigenvalue weighted by Gasteiger charge is 2.16. The number of nitrogens with zero attached hydrogens (tertiary/aromatic N) is 2. The van der Waals surface area contributed by atoms with Crippen LogP contribution in [-0.2, 0) is 9.53 Å². The minimum absolute atomic E-state index is 0.148. The number of carbonyl (C=O) groups excluding carboxylic acids is 1. The summed E-state index contributed by atoms with van der Waals surface area (Å²) in [4.78, 5) is 16.1. The summed E-state index contributed by atoms with van der Waals surface area (Å²) in [5, 5.41) is 3.15. The molecule has 2 heterocycles. The van der Waals surface area contributed by atoms with Crippen molar-refractivity contribution in [2.75, 3.05) is 18.5 Å². The van der Waals surface area contributed by atoms with Gasteiger partial charge in [-0.05, 0) is 37.5 Å². The lowest BCUT2D eigenvalue weighted by molar-refractivity contribution is -0.140. The van der Waals surface area contributed by atoms with Gasteiger partial charge in [-0.25, -0.2) is 4.98 Å². The van der Waals surface area contributed by atoms with E-state index < -0.39 is 0 Å². The first-order chi connectivity index (χ1) is 9.52. The maximum absolute atomic E-state index is 11.5. The highest BCUT2D eigenvalue weighted by Crippen LogP contribution is 2.25. The van der Waals surface area contributed by atoms with E-state index in [0.29, 0.717) is 6.61 Å². The van der Waals surface area contributed by atoms with Crippen LogP contribution in [0.25, 0.3) is 5.65 Å². The zero-order valence-corrected chi connectivity index (χ0v) is 12.4. The van der Waals surface area contributed by atoms with Crippen LogP contribution in [0.5, 0.6) is 0 Å². The molecule has 0 bridgehead atoms. The van der Waals surface area contributed by atoms with E-state index in [4.69, 9.17) is 4.74 Å². The molecule has 2 aromatic rings. The van der Waals surface area contributed by atoms with Crippen molar-refractivity contribution in [2.45, 2.75) is 33.6 Å². The summed E-state index contributed by atoms with van der Waals surface area (Å²) in [6, 6.07) is 4.05. The van der Waals surface area contributed by atoms with Crippen LogP contribution in [0.1, 0.15) is 37.9 Å². The molecule has 0 aliphatic heterocycles. The number of aryl methyl sites for hydroxylation is 1. The number of hydrogen-bond acceptors (Lipinski definition) is 4. The average Bonchev–Trinajstić information content (AvgIpc) is 2.74. The predicted molar refractivity (Wildman–Crippen MR) is 79.1 cm³/mol. The smallest absolute Gasteiger partial charge is 0.325 e. The van der Waals surface area contributed by atoms with Gasteiger partial charge >= 0.3 is 5.97 Å². The molecule has 0 atom stereocenters. The lowest BCUT2D eigenvalue weighted by Gasteiger charge is -2.10. The molecule has 0 saturated heterocycles. The molecule has 0 saturated carbocycles. The minimum atomic E-state index is -0.260. The first kappa shape index (κ1) is 14.4. The van der Waals surface area contributed by atoms with Crippen molar-refractivity contribution in [3.63, 3.8) is 0 Å². The number of anilines is 1. The molecule has 20 heavy (non-hydrogen) atoms. The zero-order chi connectivity index (χ0) is 14.7. The fourth-order valence-electron chi connectivity index (χ4n) is 2.11. The molecule has 0 unspecified atom stereocenters. The standard InChI is InChI=1S/C15H21N3O2/c1-5-20-13(19)9-16-15-14(10(2)3)17-12-8-11(4)6-7-18(12)15/h6-8,10,16H,5,9H2,1-4H3. The molecule has 0 aliphatic carbocycles. The number of esters is 1. The monoisotopic (exact) mass is 275 g/mol. The summed E-state index contributed by atoms with van der Waals surface area (Å²) in [5.74, 6) is 0.882. The highest BCUT2D eigenvalue weighted by molar-refractivity contribution is 5.75. The van der Waals surface area contributed by atoms with Gasteiger partial charge in [-0.3, -0.25) is 9.20 Å². The molecule has 2 aromatic heterocycles. The Labute approximate surface area is 119 Å². The lowest BCUT2D eigenvalue weighted by atomic mass is 10.1. The van der Waals surface area contributed by atoms with Crippen LogP contribution in [0.15, 0.2) is 18.3 Å². The Bertz CT molecular complexity index is 617. The van der Waals surface area contributed by atoms with Gasteiger partial charge < -0.3 is 10.1 Å². The molecule has 0 amide bonds. The van der Waals surface area contributed by atoms with Crippen LogP contribution in [0.4, 0.5) is 5.82 Å². The van der Waals surface area contributed by atoms with Crippen molar-refractivity contribution in [3.8, 4) is 0 Å². The third-order valence-corrected chi connectivity index (χ3v) is 3.06. The quantitative estimate of drug-likeness (QED) is 0.852. The zero-order valence-electron chi connectivity index (χ0n) is 12.4. The van der Waals surface area contributed by atoms with Crippen LogP contribution in [0, 0.1) is 6.92 Å². The van der Waals surface area contributed by atoms with E-state index in [1.807, 2.05) is 29.7 Å². The number of aromatic nitrogens is 2. The van der Waals surface area contributed by atoms with Crippen LogP contribution < -0.4 is 5.32 Å². The van der Waals surface area contributed by atoms with Crippen molar-refractivity contribution < 1.29 is 9.53 Å². The Hall–Kier alpha value is -2.04. The summed E-state index contributed by atoms with van der Waals surface area (Å²) >= 11 is 0. The summed E-state index contributed by atoms with van der Waals surface area (Å²) in [5.41, 5.74) is 3.01. The Kier molecular flexibility index (Phi) is 4.27. The molecule has 0 fully saturated rings. The van der Waals surface area contributed by atoms with Crippen molar-refractivity contribution >= 4 is 17.4 Å². The first-order valence-electron chi connectivity index (χ1n) is 6.91. The van der Waals surface area contributed by atoms with E-state index in [-0.39, 0.29) is 18.4 Å². The largest absolute Gasteiger partial charge is 0.465 e. The van der Waals surface area contributed by atoms with Crippen LogP contribution in [0.3, 0.4) is 0 Å². The second kappa shape index (κ2) is 5.94. The molecule has 0 aromatic carbocycles. The number of nitrogens with one attached hydrogen (secondary N) is 1. The molecular weight excluding hydrogens is 254 g/mol. The molecule has 108 valence electrons. The Morgan fingerprint density at radius 1 is 1.50 bits per heavy atom. The van der Waals surface area contributed by atoms with Gasteiger partial charge in [-0.15, -0.1) is 0 Å². The molecular formula is C15H21N3O2. The lowest BCUT2D eigenvalue weighted by Crippen LogP contribution is -2.18. The topological polar surface area (TPSA) is 55.6 Å². The normalized spacial score (nSPS) is 11.1. The number of fused-ring (bicyclic) bond motifs is 1. The number of ether oxygens (including phenoxy) is 1. The third kappa shape index (κ3) is 2.92. The molecule has 0 aliphatic rings. The number of rotatable bonds is 5. The summed E-state index contributed by atoms with van der Waals surface area (Å²) in [7, 11) is 0. The Morgan fingerprint density at radius 2 is 2.25 bits per heavy atom. The van der Waals surface area contributed by atoms with Gasteiger partial charge in [-0.1, -0.05) is 13.8 Å². The third-order valence-electron chi connectivity index (χ3n) is 3.06. The molecule has 0 spiro atoms. The number of imidazole rings is 1. The van der Waals surface area contributed by atoms with Crippen LogP contribution >= 0.6 is 0 Å². The molecule has 1 N–H and O–H groups in total. The van der Waals surface area contributed by atoms with E-state index in [1.165, 1.54) is 0 Å². The summed E-state index contributed by atoms with van der Waals surface area (Å²) < 4.78 is 6.91. The van der Waals surface area contributed by atoms with E-state index in [1.54, 1.807) is 6.92 Å². The van der Waals surface area contributed by atoms with E-state index >= 15 is 0 Å². The Morgan fingerprint density at radius 3 is 2.90 bits per heavy atom. The highest BCUT2D eigenvalue weighted by atomic mass is 16.5. The molecule has 5 heteroatoms. The van der Waals surface area contributed by atoms with E-state index in [9.17, 15) is 4.79 Å². The predicted octanol–water partition coefficient (Wildman–Crippen LogP) is 2.74. The van der Waals surface area contributed by atoms with Crippen LogP contribution in [-0.4, -0.2) is 28.5 Å². The van der Waals surface area contributed by atoms with Gasteiger partial charge in [0.25, 0.3) is 0 Å². The van der Waals surface area contributed by atoms with Crippen molar-refractivity contribution in [3.05, 3.63) is 29.6 Å². The van der Waals surface area contributed by atoms with Crippen molar-refractivity contribution in [1.29, 1.82) is 0 Å². The van der Waals surface area contributed by atoms with Gasteiger partial charge in [0.2, 0.25) is 0 Å². The maximum atomic E-state index is 11.5. The maximum Gasteiger partial charge on any atom is 0.325 e. The molecule has 0 radical (unpaired) electrons. The number of hydrogen-bond donors (Lipinski definition) is 1. The van der Waals surface area contributed by atoms with Gasteiger partial charge in [0.05, 0.1) is 12.3 Å². The number of carbonyl (C=O) groups is 1. The second-order valence-electron chi connectivity index (χ2n) is 5.09. The van der Waals surface area contributed by atoms with Gasteiger partial charge in [0.1, 0.15) is 18.0 Å². The van der Waals surface area contributed by atoms with Gasteiger partial charge in [-0.2, -0.15) is 0 Å². The average molecular weight is 275 g/mol. The van der Waals surface area contributed by atoms with Crippen molar-refractivity contribution in [2.24, 2.45) is 0 Å². The first-order valence-corrected chi connectivity index (χ1v) is 6.91. The van der Waals surface area contributed by atoms with Gasteiger partial charge in [0.15, 0.2) is 0 Å². The molecule has 2 rings (SSSR count). The SMILES string of the molecule is CCOC(=O)CNc1c(C(C)C)nc2cc(C)ccn12. The fourth-order valence-corrected chi connectivity index (χ4v) is 2.11. The fraction of sp³-hybridized carbons (Fsp3) is 0.467. The Balaban J connectivity index is 2.34. The second-order valence-corrected chi connectivity index (χ2v) is 5.09. The minimum Gasteiger partial charge on any atom is -0.465 e. The summed E-state index contributed by atoms with van der Waals surface area (Å²) in [6.45, 7) is 8.55. The van der Waals surface area contributed by atoms with Crippen LogP contribution in [0.2, 0.25) is 0 Å². The van der Waals surface area contributed by atoms with Gasteiger partial charge in [0, 0.05) is 6.20 Å². The van der Waals surface area contributed by atoms with Crippen molar-refractivity contribution in [1.82, 2.24) is 9.38 Å². The summed E-state index contributed by atoms with van der Waals surface area (Å²) in [6.07, 6.45) is 1.97. The number of pyridine rings is 1. The molecule has 5 nitrogen and oxygen atoms in total.